The van der Waals surface area contributed by atoms with Crippen molar-refractivity contribution >= 4 is 26.5 Å². The minimum absolute atomic E-state index is 0.00334. The summed E-state index contributed by atoms with van der Waals surface area (Å²) in [5.74, 6) is -0.00334. The Labute approximate surface area is 152 Å². The normalized spacial score (nSPS) is 11.8. The van der Waals surface area contributed by atoms with E-state index in [9.17, 15) is 13.2 Å². The second-order valence-electron chi connectivity index (χ2n) is 6.32. The van der Waals surface area contributed by atoms with E-state index in [1.54, 1.807) is 31.2 Å². The lowest BCUT2D eigenvalue weighted by atomic mass is 10.0. The summed E-state index contributed by atoms with van der Waals surface area (Å²) in [6.07, 6.45) is 0. The predicted octanol–water partition coefficient (Wildman–Crippen LogP) is 3.41. The fourth-order valence-corrected chi connectivity index (χ4v) is 3.38. The Kier molecular flexibility index (Phi) is 4.82. The lowest BCUT2D eigenvalue weighted by Crippen LogP contribution is -2.25. The highest BCUT2D eigenvalue weighted by Gasteiger charge is 2.14. The summed E-state index contributed by atoms with van der Waals surface area (Å²) >= 11 is 0. The molecule has 1 aromatic heterocycles. The fraction of sp³-hybridized carbons (Fsp3) is 0.263. The van der Waals surface area contributed by atoms with Crippen LogP contribution in [0.25, 0.3) is 22.0 Å². The van der Waals surface area contributed by atoms with Crippen molar-refractivity contribution < 1.29 is 8.42 Å². The van der Waals surface area contributed by atoms with Gasteiger partial charge in [0.2, 0.25) is 10.0 Å². The van der Waals surface area contributed by atoms with Gasteiger partial charge in [0.1, 0.15) is 0 Å². The van der Waals surface area contributed by atoms with Crippen LogP contribution in [-0.2, 0) is 10.0 Å². The third-order valence-electron chi connectivity index (χ3n) is 4.11. The third-order valence-corrected chi connectivity index (χ3v) is 5.41. The van der Waals surface area contributed by atoms with Gasteiger partial charge in [0.15, 0.2) is 0 Å². The molecule has 2 aromatic carbocycles. The molecule has 0 atom stereocenters. The molecule has 0 bridgehead atoms. The topological polar surface area (TPSA) is 81.1 Å². The van der Waals surface area contributed by atoms with Gasteiger partial charge in [-0.25, -0.2) is 13.1 Å². The Morgan fingerprint density at radius 1 is 1.08 bits per heavy atom. The van der Waals surface area contributed by atoms with Gasteiger partial charge < -0.3 is 0 Å². The highest BCUT2D eigenvalue weighted by Crippen LogP contribution is 2.27. The van der Waals surface area contributed by atoms with Gasteiger partial charge in [-0.3, -0.25) is 9.52 Å². The van der Waals surface area contributed by atoms with Crippen LogP contribution in [-0.4, -0.2) is 24.0 Å². The zero-order chi connectivity index (χ0) is 18.9. The first kappa shape index (κ1) is 18.1. The molecule has 6 nitrogen and oxygen atoms in total. The van der Waals surface area contributed by atoms with Gasteiger partial charge in [0.25, 0.3) is 5.56 Å². The molecule has 0 amide bonds. The predicted molar refractivity (Wildman–Crippen MR) is 105 cm³/mol. The van der Waals surface area contributed by atoms with Gasteiger partial charge in [-0.1, -0.05) is 30.3 Å². The van der Waals surface area contributed by atoms with E-state index in [1.165, 1.54) is 4.68 Å². The Balaban J connectivity index is 2.23. The number of rotatable bonds is 5. The first-order chi connectivity index (χ1) is 12.3. The summed E-state index contributed by atoms with van der Waals surface area (Å²) in [5, 5.41) is 5.88. The first-order valence-corrected chi connectivity index (χ1v) is 10.1. The molecule has 1 heterocycles. The lowest BCUT2D eigenvalue weighted by Gasteiger charge is -2.14. The number of benzene rings is 2. The maximum atomic E-state index is 12.7. The van der Waals surface area contributed by atoms with Crippen molar-refractivity contribution in [3.05, 3.63) is 58.9 Å². The summed E-state index contributed by atoms with van der Waals surface area (Å²) < 4.78 is 27.7. The zero-order valence-corrected chi connectivity index (χ0v) is 15.7. The van der Waals surface area contributed by atoms with Crippen LogP contribution < -0.4 is 10.3 Å². The molecule has 0 aliphatic carbocycles. The van der Waals surface area contributed by atoms with E-state index in [-0.39, 0.29) is 17.4 Å². The van der Waals surface area contributed by atoms with Crippen LogP contribution in [0, 0.1) is 0 Å². The molecular weight excluding hydrogens is 350 g/mol. The summed E-state index contributed by atoms with van der Waals surface area (Å²) in [6, 6.07) is 14.3. The van der Waals surface area contributed by atoms with Gasteiger partial charge in [-0.15, -0.1) is 0 Å². The second kappa shape index (κ2) is 6.92. The van der Waals surface area contributed by atoms with Crippen molar-refractivity contribution in [2.24, 2.45) is 0 Å². The number of sulfonamides is 1. The molecule has 1 N–H and O–H groups in total. The molecule has 136 valence electrons. The fourth-order valence-electron chi connectivity index (χ4n) is 2.75. The molecule has 0 saturated carbocycles. The maximum absolute atomic E-state index is 12.7. The molecule has 0 saturated heterocycles. The van der Waals surface area contributed by atoms with Crippen molar-refractivity contribution in [3.8, 4) is 11.3 Å². The van der Waals surface area contributed by atoms with Crippen LogP contribution in [0.4, 0.5) is 5.69 Å². The highest BCUT2D eigenvalue weighted by molar-refractivity contribution is 7.92. The van der Waals surface area contributed by atoms with Gasteiger partial charge in [0.05, 0.1) is 22.9 Å². The molecule has 3 rings (SSSR count). The van der Waals surface area contributed by atoms with Crippen LogP contribution >= 0.6 is 0 Å². The zero-order valence-electron chi connectivity index (χ0n) is 14.9. The Bertz CT molecular complexity index is 1120. The van der Waals surface area contributed by atoms with Gasteiger partial charge in [-0.2, -0.15) is 5.10 Å². The lowest BCUT2D eigenvalue weighted by molar-refractivity contribution is 0.510. The Morgan fingerprint density at radius 3 is 2.42 bits per heavy atom. The standard InChI is InChI=1S/C19H21N3O3S/c1-4-26(24,25)21-15-9-7-8-14(12-15)18-16-10-5-6-11-17(16)19(23)22(20-18)13(2)3/h5-13,21H,4H2,1-3H3. The van der Waals surface area contributed by atoms with Crippen molar-refractivity contribution in [1.82, 2.24) is 9.78 Å². The van der Waals surface area contributed by atoms with Crippen molar-refractivity contribution in [3.63, 3.8) is 0 Å². The molecular formula is C19H21N3O3S. The molecule has 7 heteroatoms. The van der Waals surface area contributed by atoms with E-state index in [2.05, 4.69) is 9.82 Å². The second-order valence-corrected chi connectivity index (χ2v) is 8.33. The average molecular weight is 371 g/mol. The van der Waals surface area contributed by atoms with Gasteiger partial charge in [-0.05, 0) is 39.0 Å². The summed E-state index contributed by atoms with van der Waals surface area (Å²) in [5.41, 5.74) is 1.72. The summed E-state index contributed by atoms with van der Waals surface area (Å²) in [4.78, 5) is 12.7. The minimum atomic E-state index is -3.37. The number of nitrogens with zero attached hydrogens (tertiary/aromatic N) is 2. The van der Waals surface area contributed by atoms with Crippen molar-refractivity contribution in [2.45, 2.75) is 26.8 Å². The largest absolute Gasteiger partial charge is 0.284 e. The van der Waals surface area contributed by atoms with Crippen molar-refractivity contribution in [1.29, 1.82) is 0 Å². The van der Waals surface area contributed by atoms with E-state index in [1.807, 2.05) is 38.1 Å². The van der Waals surface area contributed by atoms with Gasteiger partial charge >= 0.3 is 0 Å². The number of anilines is 1. The van der Waals surface area contributed by atoms with E-state index >= 15 is 0 Å². The van der Waals surface area contributed by atoms with Crippen LogP contribution in [0.2, 0.25) is 0 Å². The number of fused-ring (bicyclic) bond motifs is 1. The molecule has 0 aliphatic rings. The summed E-state index contributed by atoms with van der Waals surface area (Å²) in [6.45, 7) is 5.39. The third kappa shape index (κ3) is 3.48. The quantitative estimate of drug-likeness (QED) is 0.745. The van der Waals surface area contributed by atoms with E-state index in [0.717, 1.165) is 10.9 Å². The van der Waals surface area contributed by atoms with E-state index < -0.39 is 10.0 Å². The monoisotopic (exact) mass is 371 g/mol. The number of hydrogen-bond donors (Lipinski definition) is 1. The van der Waals surface area contributed by atoms with Crippen LogP contribution in [0.3, 0.4) is 0 Å². The van der Waals surface area contributed by atoms with E-state index in [0.29, 0.717) is 16.8 Å². The van der Waals surface area contributed by atoms with Gasteiger partial charge in [0, 0.05) is 16.6 Å². The molecule has 3 aromatic rings. The molecule has 0 unspecified atom stereocenters. The van der Waals surface area contributed by atoms with Crippen molar-refractivity contribution in [2.75, 3.05) is 10.5 Å². The SMILES string of the molecule is CCS(=O)(=O)Nc1cccc(-c2nn(C(C)C)c(=O)c3ccccc23)c1. The van der Waals surface area contributed by atoms with Crippen LogP contribution in [0.1, 0.15) is 26.8 Å². The van der Waals surface area contributed by atoms with E-state index in [4.69, 9.17) is 0 Å². The highest BCUT2D eigenvalue weighted by atomic mass is 32.2. The molecule has 0 aliphatic heterocycles. The number of aromatic nitrogens is 2. The minimum Gasteiger partial charge on any atom is -0.284 e. The molecule has 26 heavy (non-hydrogen) atoms. The Hall–Kier alpha value is -2.67. The first-order valence-electron chi connectivity index (χ1n) is 8.45. The summed E-state index contributed by atoms with van der Waals surface area (Å²) in [7, 11) is -3.37. The molecule has 0 radical (unpaired) electrons. The Morgan fingerprint density at radius 2 is 1.77 bits per heavy atom. The molecule has 0 spiro atoms. The smallest absolute Gasteiger partial charge is 0.274 e. The average Bonchev–Trinajstić information content (AvgIpc) is 2.62. The maximum Gasteiger partial charge on any atom is 0.274 e. The van der Waals surface area contributed by atoms with Crippen LogP contribution in [0.15, 0.2) is 53.3 Å². The molecule has 0 fully saturated rings. The number of hydrogen-bond acceptors (Lipinski definition) is 4. The number of nitrogens with one attached hydrogen (secondary N) is 1. The van der Waals surface area contributed by atoms with Crippen LogP contribution in [0.5, 0.6) is 0 Å².